The number of fused-ring (bicyclic) bond motifs is 1. The van der Waals surface area contributed by atoms with Crippen LogP contribution in [0.25, 0.3) is 0 Å². The van der Waals surface area contributed by atoms with E-state index < -0.39 is 0 Å². The minimum atomic E-state index is -0.319. The minimum Gasteiger partial charge on any atom is -0.372 e. The highest BCUT2D eigenvalue weighted by Gasteiger charge is 2.36. The van der Waals surface area contributed by atoms with Crippen molar-refractivity contribution < 1.29 is 0 Å². The smallest absolute Gasteiger partial charge is 0.0859 e. The second-order valence-electron chi connectivity index (χ2n) is 12.0. The number of anilines is 4. The lowest BCUT2D eigenvalue weighted by molar-refractivity contribution is 0.611. The maximum Gasteiger partial charge on any atom is 0.0859 e. The molecule has 0 amide bonds. The van der Waals surface area contributed by atoms with Gasteiger partial charge in [-0.05, 0) is 93.9 Å². The molecular formula is C40H36N2S2. The highest BCUT2D eigenvalue weighted by molar-refractivity contribution is 8.09. The molecule has 5 aromatic carbocycles. The summed E-state index contributed by atoms with van der Waals surface area (Å²) in [7, 11) is 0. The number of hydrogen-bond acceptors (Lipinski definition) is 4. The first-order valence-corrected chi connectivity index (χ1v) is 16.8. The molecule has 1 aliphatic heterocycles. The molecule has 1 unspecified atom stereocenters. The van der Waals surface area contributed by atoms with Crippen molar-refractivity contribution in [1.82, 2.24) is 0 Å². The van der Waals surface area contributed by atoms with Crippen LogP contribution in [0.3, 0.4) is 0 Å². The molecule has 4 heteroatoms. The molecule has 1 N–H and O–H groups in total. The number of nitrogens with zero attached hydrogens (tertiary/aromatic N) is 1. The van der Waals surface area contributed by atoms with Gasteiger partial charge in [-0.3, -0.25) is 0 Å². The van der Waals surface area contributed by atoms with Gasteiger partial charge in [0, 0.05) is 48.8 Å². The third-order valence-corrected chi connectivity index (χ3v) is 11.0. The topological polar surface area (TPSA) is 15.3 Å². The number of aryl methyl sites for hydroxylation is 4. The van der Waals surface area contributed by atoms with Crippen LogP contribution in [0.1, 0.15) is 34.2 Å². The quantitative estimate of drug-likeness (QED) is 0.206. The Labute approximate surface area is 269 Å². The maximum absolute atomic E-state index is 3.93. The van der Waals surface area contributed by atoms with Crippen LogP contribution < -0.4 is 10.2 Å². The number of thioether (sulfide) groups is 2. The fourth-order valence-electron chi connectivity index (χ4n) is 5.88. The van der Waals surface area contributed by atoms with Crippen molar-refractivity contribution in [3.8, 4) is 0 Å². The SMILES string of the molecule is Cc1ccc(NC2(c3ccc(C)cc3)C=CC3=C(C2)Sc2ccc(N(c4ccc(C)cc4)c4ccc(C)cc4)cc2S3)cc1. The zero-order chi connectivity index (χ0) is 30.3. The molecule has 2 nitrogen and oxygen atoms in total. The van der Waals surface area contributed by atoms with E-state index in [1.807, 2.05) is 23.5 Å². The van der Waals surface area contributed by atoms with Crippen LogP contribution >= 0.6 is 23.5 Å². The highest BCUT2D eigenvalue weighted by atomic mass is 32.2. The summed E-state index contributed by atoms with van der Waals surface area (Å²) >= 11 is 3.81. The van der Waals surface area contributed by atoms with Crippen molar-refractivity contribution in [2.75, 3.05) is 10.2 Å². The Morgan fingerprint density at radius 2 is 1.09 bits per heavy atom. The normalized spacial score (nSPS) is 17.2. The summed E-state index contributed by atoms with van der Waals surface area (Å²) in [5, 5.41) is 3.93. The molecule has 1 atom stereocenters. The maximum atomic E-state index is 3.93. The van der Waals surface area contributed by atoms with E-state index in [1.54, 1.807) is 0 Å². The van der Waals surface area contributed by atoms with Crippen LogP contribution in [0.2, 0.25) is 0 Å². The van der Waals surface area contributed by atoms with Gasteiger partial charge in [0.1, 0.15) is 0 Å². The van der Waals surface area contributed by atoms with E-state index in [0.717, 1.165) is 23.5 Å². The van der Waals surface area contributed by atoms with E-state index in [4.69, 9.17) is 0 Å². The van der Waals surface area contributed by atoms with Crippen molar-refractivity contribution in [1.29, 1.82) is 0 Å². The van der Waals surface area contributed by atoms with Gasteiger partial charge in [-0.25, -0.2) is 0 Å². The largest absolute Gasteiger partial charge is 0.372 e. The molecule has 0 spiro atoms. The van der Waals surface area contributed by atoms with Crippen molar-refractivity contribution in [2.24, 2.45) is 0 Å². The van der Waals surface area contributed by atoms with E-state index in [-0.39, 0.29) is 5.54 Å². The number of rotatable bonds is 6. The summed E-state index contributed by atoms with van der Waals surface area (Å²) in [5.74, 6) is 0. The second kappa shape index (κ2) is 11.8. The molecule has 0 aromatic heterocycles. The van der Waals surface area contributed by atoms with Gasteiger partial charge in [0.25, 0.3) is 0 Å². The highest BCUT2D eigenvalue weighted by Crippen LogP contribution is 2.55. The number of allylic oxidation sites excluding steroid dienone is 1. The zero-order valence-corrected chi connectivity index (χ0v) is 27.2. The van der Waals surface area contributed by atoms with Crippen LogP contribution in [-0.2, 0) is 5.54 Å². The van der Waals surface area contributed by atoms with E-state index in [1.165, 1.54) is 53.1 Å². The Kier molecular flexibility index (Phi) is 7.65. The van der Waals surface area contributed by atoms with Crippen molar-refractivity contribution in [3.05, 3.63) is 165 Å². The Bertz CT molecular complexity index is 1820. The van der Waals surface area contributed by atoms with Crippen molar-refractivity contribution in [2.45, 2.75) is 49.4 Å². The van der Waals surface area contributed by atoms with E-state index in [2.05, 4.69) is 165 Å². The van der Waals surface area contributed by atoms with Crippen LogP contribution in [-0.4, -0.2) is 0 Å². The van der Waals surface area contributed by atoms with Gasteiger partial charge < -0.3 is 10.2 Å². The van der Waals surface area contributed by atoms with Gasteiger partial charge in [-0.1, -0.05) is 113 Å². The Morgan fingerprint density at radius 1 is 0.568 bits per heavy atom. The van der Waals surface area contributed by atoms with Crippen LogP contribution in [0.4, 0.5) is 22.7 Å². The number of nitrogens with one attached hydrogen (secondary N) is 1. The summed E-state index contributed by atoms with van der Waals surface area (Å²) in [6, 6.07) is 42.3. The Balaban J connectivity index is 1.22. The second-order valence-corrected chi connectivity index (χ2v) is 14.2. The number of hydrogen-bond donors (Lipinski definition) is 1. The molecule has 0 radical (unpaired) electrons. The molecule has 2 aliphatic rings. The van der Waals surface area contributed by atoms with Crippen molar-refractivity contribution >= 4 is 46.3 Å². The standard InChI is InChI=1S/C40H36N2S2/c1-27-5-13-31(14-6-27)40(41-32-15-7-28(2)8-16-32)24-23-37-39(26-40)44-36-22-21-35(25-38(36)43-37)42(33-17-9-29(3)10-18-33)34-19-11-30(4)12-20-34/h5-25,41H,26H2,1-4H3. The van der Waals surface area contributed by atoms with Gasteiger partial charge in [0.15, 0.2) is 0 Å². The molecule has 0 fully saturated rings. The molecule has 0 bridgehead atoms. The minimum absolute atomic E-state index is 0.319. The summed E-state index contributed by atoms with van der Waals surface area (Å²) < 4.78 is 0. The average Bonchev–Trinajstić information content (AvgIpc) is 3.03. The predicted molar refractivity (Wildman–Crippen MR) is 191 cm³/mol. The van der Waals surface area contributed by atoms with Gasteiger partial charge in [-0.2, -0.15) is 0 Å². The van der Waals surface area contributed by atoms with E-state index in [9.17, 15) is 0 Å². The third-order valence-electron chi connectivity index (χ3n) is 8.44. The fourth-order valence-corrected chi connectivity index (χ4v) is 8.31. The average molecular weight is 609 g/mol. The molecular weight excluding hydrogens is 573 g/mol. The Hall–Kier alpha value is -4.12. The van der Waals surface area contributed by atoms with Crippen LogP contribution in [0, 0.1) is 27.7 Å². The van der Waals surface area contributed by atoms with E-state index in [0.29, 0.717) is 0 Å². The van der Waals surface area contributed by atoms with Gasteiger partial charge in [-0.15, -0.1) is 0 Å². The summed E-state index contributed by atoms with van der Waals surface area (Å²) in [5.41, 5.74) is 10.7. The molecule has 5 aromatic rings. The van der Waals surface area contributed by atoms with Gasteiger partial charge in [0.05, 0.1) is 5.54 Å². The summed E-state index contributed by atoms with van der Waals surface area (Å²) in [4.78, 5) is 7.72. The summed E-state index contributed by atoms with van der Waals surface area (Å²) in [6.07, 6.45) is 5.61. The molecule has 1 heterocycles. The monoisotopic (exact) mass is 608 g/mol. The molecule has 1 aliphatic carbocycles. The zero-order valence-electron chi connectivity index (χ0n) is 25.6. The first kappa shape index (κ1) is 28.6. The lowest BCUT2D eigenvalue weighted by Crippen LogP contribution is -2.35. The predicted octanol–water partition coefficient (Wildman–Crippen LogP) is 11.8. The molecule has 0 saturated heterocycles. The first-order chi connectivity index (χ1) is 21.3. The third kappa shape index (κ3) is 5.72. The molecule has 7 rings (SSSR count). The lowest BCUT2D eigenvalue weighted by Gasteiger charge is -2.39. The molecule has 0 saturated carbocycles. The Morgan fingerprint density at radius 3 is 1.68 bits per heavy atom. The van der Waals surface area contributed by atoms with Gasteiger partial charge in [0.2, 0.25) is 0 Å². The van der Waals surface area contributed by atoms with Gasteiger partial charge >= 0.3 is 0 Å². The van der Waals surface area contributed by atoms with Crippen LogP contribution in [0.15, 0.2) is 147 Å². The summed E-state index contributed by atoms with van der Waals surface area (Å²) in [6.45, 7) is 8.56. The molecule has 44 heavy (non-hydrogen) atoms. The van der Waals surface area contributed by atoms with Crippen molar-refractivity contribution in [3.63, 3.8) is 0 Å². The fraction of sp³-hybridized carbons (Fsp3) is 0.150. The van der Waals surface area contributed by atoms with E-state index >= 15 is 0 Å². The molecule has 218 valence electrons. The first-order valence-electron chi connectivity index (χ1n) is 15.1. The lowest BCUT2D eigenvalue weighted by atomic mass is 9.83. The number of benzene rings is 5. The van der Waals surface area contributed by atoms with Crippen LogP contribution in [0.5, 0.6) is 0 Å².